The number of H-pyrrole nitrogens is 1. The van der Waals surface area contributed by atoms with Crippen LogP contribution in [0.2, 0.25) is 0 Å². The van der Waals surface area contributed by atoms with Gasteiger partial charge in [0.25, 0.3) is 5.56 Å². The number of nitrogens with one attached hydrogen (secondary N) is 2. The van der Waals surface area contributed by atoms with E-state index in [-0.39, 0.29) is 5.56 Å². The zero-order chi connectivity index (χ0) is 16.4. The molecule has 3 rings (SSSR count). The van der Waals surface area contributed by atoms with E-state index in [2.05, 4.69) is 16.9 Å². The third-order valence-corrected chi connectivity index (χ3v) is 4.51. The number of hydrogen-bond acceptors (Lipinski definition) is 3. The van der Waals surface area contributed by atoms with Gasteiger partial charge in [0.05, 0.1) is 17.4 Å². The fourth-order valence-corrected chi connectivity index (χ4v) is 2.81. The van der Waals surface area contributed by atoms with E-state index in [0.717, 1.165) is 23.5 Å². The fourth-order valence-electron chi connectivity index (χ4n) is 2.62. The number of fused-ring (bicyclic) bond motifs is 1. The summed E-state index contributed by atoms with van der Waals surface area (Å²) in [5.74, 6) is 0.702. The first-order chi connectivity index (χ1) is 11.1. The van der Waals surface area contributed by atoms with Crippen LogP contribution in [0.4, 0.5) is 0 Å². The second-order valence-corrected chi connectivity index (χ2v) is 5.99. The monoisotopic (exact) mass is 330 g/mol. The molecule has 0 aliphatic rings. The summed E-state index contributed by atoms with van der Waals surface area (Å²) in [6, 6.07) is 7.40. The number of aromatic nitrogens is 4. The van der Waals surface area contributed by atoms with Gasteiger partial charge in [-0.25, -0.2) is 4.98 Å². The predicted molar refractivity (Wildman–Crippen MR) is 91.8 cm³/mol. The second-order valence-electron chi connectivity index (χ2n) is 5.63. The topological polar surface area (TPSA) is 60.1 Å². The van der Waals surface area contributed by atoms with Gasteiger partial charge in [0.1, 0.15) is 6.54 Å². The van der Waals surface area contributed by atoms with Crippen LogP contribution in [-0.4, -0.2) is 25.6 Å². The van der Waals surface area contributed by atoms with E-state index in [0.29, 0.717) is 17.8 Å². The van der Waals surface area contributed by atoms with Crippen LogP contribution in [0.3, 0.4) is 0 Å². The standard InChI is InChI=1S/C16H19N5OS/c1-3-20(11-21-9-8-19(2)16(21)23)10-14-17-13-7-5-4-6-12(13)15(22)18-14/h4-9H,3,10-11H2,1-2H3,(H,17,18,22)/p+1. The van der Waals surface area contributed by atoms with Crippen molar-refractivity contribution in [1.29, 1.82) is 0 Å². The molecular formula is C16H20N5OS+. The van der Waals surface area contributed by atoms with Gasteiger partial charge in [-0.2, -0.15) is 0 Å². The van der Waals surface area contributed by atoms with Gasteiger partial charge in [-0.05, 0) is 31.3 Å². The zero-order valence-electron chi connectivity index (χ0n) is 13.2. The van der Waals surface area contributed by atoms with Crippen LogP contribution in [-0.2, 0) is 20.3 Å². The Morgan fingerprint density at radius 2 is 2.09 bits per heavy atom. The van der Waals surface area contributed by atoms with E-state index in [1.54, 1.807) is 6.07 Å². The molecule has 0 amide bonds. The normalized spacial score (nSPS) is 12.6. The summed E-state index contributed by atoms with van der Waals surface area (Å²) >= 11 is 5.38. The molecule has 1 unspecified atom stereocenters. The minimum absolute atomic E-state index is 0.0858. The number of quaternary nitrogens is 1. The molecule has 0 fully saturated rings. The van der Waals surface area contributed by atoms with Crippen LogP contribution in [0.1, 0.15) is 12.7 Å². The molecule has 0 aliphatic carbocycles. The average Bonchev–Trinajstić information content (AvgIpc) is 2.86. The Balaban J connectivity index is 1.85. The quantitative estimate of drug-likeness (QED) is 0.682. The largest absolute Gasteiger partial charge is 0.327 e. The smallest absolute Gasteiger partial charge is 0.258 e. The van der Waals surface area contributed by atoms with Crippen LogP contribution in [0.25, 0.3) is 10.9 Å². The number of rotatable bonds is 5. The highest BCUT2D eigenvalue weighted by atomic mass is 32.1. The minimum Gasteiger partial charge on any atom is -0.327 e. The number of imidazole rings is 1. The summed E-state index contributed by atoms with van der Waals surface area (Å²) < 4.78 is 4.74. The number of aryl methyl sites for hydroxylation is 1. The van der Waals surface area contributed by atoms with Gasteiger partial charge in [0.15, 0.2) is 17.3 Å². The molecule has 2 aromatic heterocycles. The molecule has 0 spiro atoms. The molecule has 0 radical (unpaired) electrons. The maximum atomic E-state index is 12.2. The number of benzene rings is 1. The Bertz CT molecular complexity index is 939. The first kappa shape index (κ1) is 15.6. The highest BCUT2D eigenvalue weighted by Crippen LogP contribution is 2.05. The lowest BCUT2D eigenvalue weighted by Crippen LogP contribution is -3.09. The first-order valence-electron chi connectivity index (χ1n) is 7.61. The molecule has 7 heteroatoms. The maximum absolute atomic E-state index is 12.2. The van der Waals surface area contributed by atoms with E-state index in [9.17, 15) is 4.79 Å². The molecule has 120 valence electrons. The zero-order valence-corrected chi connectivity index (χ0v) is 14.1. The van der Waals surface area contributed by atoms with Crippen LogP contribution in [0.15, 0.2) is 41.5 Å². The molecule has 2 N–H and O–H groups in total. The maximum Gasteiger partial charge on any atom is 0.258 e. The van der Waals surface area contributed by atoms with Crippen molar-refractivity contribution in [2.45, 2.75) is 20.1 Å². The van der Waals surface area contributed by atoms with Crippen molar-refractivity contribution < 1.29 is 4.90 Å². The molecule has 0 saturated heterocycles. The summed E-state index contributed by atoms with van der Waals surface area (Å²) in [7, 11) is 1.94. The van der Waals surface area contributed by atoms with Crippen molar-refractivity contribution in [1.82, 2.24) is 19.1 Å². The van der Waals surface area contributed by atoms with Crippen molar-refractivity contribution in [3.05, 3.63) is 57.6 Å². The van der Waals surface area contributed by atoms with Crippen molar-refractivity contribution in [2.75, 3.05) is 6.54 Å². The lowest BCUT2D eigenvalue weighted by atomic mass is 10.2. The van der Waals surface area contributed by atoms with Crippen molar-refractivity contribution in [3.63, 3.8) is 0 Å². The van der Waals surface area contributed by atoms with Gasteiger partial charge in [0, 0.05) is 19.4 Å². The summed E-state index contributed by atoms with van der Waals surface area (Å²) in [6.45, 7) is 4.41. The molecule has 0 bridgehead atoms. The minimum atomic E-state index is -0.0858. The molecule has 2 heterocycles. The Hall–Kier alpha value is -2.25. The highest BCUT2D eigenvalue weighted by Gasteiger charge is 2.12. The van der Waals surface area contributed by atoms with Crippen LogP contribution < -0.4 is 10.5 Å². The molecule has 3 aromatic rings. The summed E-state index contributed by atoms with van der Waals surface area (Å²) in [4.78, 5) is 20.9. The van der Waals surface area contributed by atoms with Gasteiger partial charge >= 0.3 is 0 Å². The lowest BCUT2D eigenvalue weighted by Gasteiger charge is -2.17. The van der Waals surface area contributed by atoms with Gasteiger partial charge < -0.3 is 14.5 Å². The summed E-state index contributed by atoms with van der Waals surface area (Å²) in [5, 5.41) is 0.625. The molecule has 1 aromatic carbocycles. The number of aromatic amines is 1. The van der Waals surface area contributed by atoms with Gasteiger partial charge in [-0.15, -0.1) is 0 Å². The molecular weight excluding hydrogens is 310 g/mol. The first-order valence-corrected chi connectivity index (χ1v) is 8.02. The van der Waals surface area contributed by atoms with Crippen molar-refractivity contribution in [3.8, 4) is 0 Å². The summed E-state index contributed by atoms with van der Waals surface area (Å²) in [5.41, 5.74) is 0.649. The average molecular weight is 330 g/mol. The van der Waals surface area contributed by atoms with E-state index in [1.807, 2.05) is 46.8 Å². The number of nitrogens with zero attached hydrogens (tertiary/aromatic N) is 3. The molecule has 23 heavy (non-hydrogen) atoms. The Labute approximate surface area is 139 Å². The SMILES string of the molecule is CC[NH+](Cc1nc2ccccc2c(=O)[nH]1)Cn1ccn(C)c1=S. The van der Waals surface area contributed by atoms with Gasteiger partial charge in [-0.3, -0.25) is 9.36 Å². The van der Waals surface area contributed by atoms with E-state index >= 15 is 0 Å². The third kappa shape index (κ3) is 3.25. The Morgan fingerprint density at radius 1 is 1.30 bits per heavy atom. The fraction of sp³-hybridized carbons (Fsp3) is 0.312. The molecule has 0 aliphatic heterocycles. The summed E-state index contributed by atoms with van der Waals surface area (Å²) in [6.07, 6.45) is 3.93. The van der Waals surface area contributed by atoms with Crippen molar-refractivity contribution in [2.24, 2.45) is 7.05 Å². The second kappa shape index (κ2) is 6.47. The third-order valence-electron chi connectivity index (χ3n) is 3.99. The Morgan fingerprint density at radius 3 is 2.78 bits per heavy atom. The van der Waals surface area contributed by atoms with Crippen LogP contribution in [0.5, 0.6) is 0 Å². The Kier molecular flexibility index (Phi) is 4.40. The van der Waals surface area contributed by atoms with Gasteiger partial charge in [0.2, 0.25) is 0 Å². The lowest BCUT2D eigenvalue weighted by molar-refractivity contribution is -0.935. The van der Waals surface area contributed by atoms with E-state index < -0.39 is 0 Å². The van der Waals surface area contributed by atoms with Crippen LogP contribution in [0, 0.1) is 4.77 Å². The van der Waals surface area contributed by atoms with E-state index in [1.165, 1.54) is 4.90 Å². The number of para-hydroxylation sites is 1. The predicted octanol–water partition coefficient (Wildman–Crippen LogP) is 0.855. The van der Waals surface area contributed by atoms with Gasteiger partial charge in [-0.1, -0.05) is 12.1 Å². The van der Waals surface area contributed by atoms with E-state index in [4.69, 9.17) is 12.2 Å². The molecule has 6 nitrogen and oxygen atoms in total. The van der Waals surface area contributed by atoms with Crippen LogP contribution >= 0.6 is 12.2 Å². The molecule has 1 atom stereocenters. The highest BCUT2D eigenvalue weighted by molar-refractivity contribution is 7.71. The van der Waals surface area contributed by atoms with Crippen molar-refractivity contribution >= 4 is 23.1 Å². The molecule has 0 saturated carbocycles. The number of hydrogen-bond donors (Lipinski definition) is 2.